The van der Waals surface area contributed by atoms with Crippen LogP contribution in [0.1, 0.15) is 35.2 Å². The summed E-state index contributed by atoms with van der Waals surface area (Å²) in [5.74, 6) is -0.113. The van der Waals surface area contributed by atoms with Crippen LogP contribution in [0.4, 0.5) is 0 Å². The molecule has 7 heteroatoms. The molecule has 1 aromatic carbocycles. The van der Waals surface area contributed by atoms with Crippen LogP contribution >= 0.6 is 15.9 Å². The molecule has 2 heterocycles. The summed E-state index contributed by atoms with van der Waals surface area (Å²) in [5, 5.41) is 3.17. The number of hydrogen-bond acceptors (Lipinski definition) is 4. The standard InChI is InChI=1S/C16H17BrN2O4/c17-6-1-7-23-11-2-3-12-10(8-11)9-19(16(12)22)13-4-5-14(20)18-15(13)21/h2-3,8,13H,1,4-7,9H2,(H,18,20,21). The number of imide groups is 1. The molecule has 2 aliphatic rings. The van der Waals surface area contributed by atoms with Gasteiger partial charge in [0.15, 0.2) is 0 Å². The Morgan fingerprint density at radius 1 is 1.30 bits per heavy atom. The molecule has 3 amide bonds. The molecule has 1 atom stereocenters. The van der Waals surface area contributed by atoms with Gasteiger partial charge in [-0.2, -0.15) is 0 Å². The van der Waals surface area contributed by atoms with E-state index in [0.717, 1.165) is 23.1 Å². The Hall–Kier alpha value is -1.89. The molecule has 1 N–H and O–H groups in total. The van der Waals surface area contributed by atoms with Crippen LogP contribution in [0.5, 0.6) is 5.75 Å². The number of carbonyl (C=O) groups excluding carboxylic acids is 3. The number of alkyl halides is 1. The fourth-order valence-electron chi connectivity index (χ4n) is 2.89. The molecule has 0 bridgehead atoms. The lowest BCUT2D eigenvalue weighted by Gasteiger charge is -2.29. The van der Waals surface area contributed by atoms with E-state index in [1.54, 1.807) is 12.1 Å². The van der Waals surface area contributed by atoms with Crippen LogP contribution in [0.25, 0.3) is 0 Å². The van der Waals surface area contributed by atoms with E-state index in [0.29, 0.717) is 25.1 Å². The molecule has 0 radical (unpaired) electrons. The summed E-state index contributed by atoms with van der Waals surface area (Å²) >= 11 is 3.35. The first-order valence-corrected chi connectivity index (χ1v) is 8.68. The van der Waals surface area contributed by atoms with Crippen molar-refractivity contribution in [3.05, 3.63) is 29.3 Å². The van der Waals surface area contributed by atoms with Crippen LogP contribution in [-0.4, -0.2) is 40.6 Å². The van der Waals surface area contributed by atoms with Gasteiger partial charge in [-0.3, -0.25) is 19.7 Å². The molecule has 0 spiro atoms. The van der Waals surface area contributed by atoms with E-state index in [-0.39, 0.29) is 18.2 Å². The molecule has 0 saturated carbocycles. The molecule has 2 aliphatic heterocycles. The lowest BCUT2D eigenvalue weighted by molar-refractivity contribution is -0.136. The second-order valence-corrected chi connectivity index (χ2v) is 6.40. The summed E-state index contributed by atoms with van der Waals surface area (Å²) < 4.78 is 5.64. The van der Waals surface area contributed by atoms with Gasteiger partial charge in [0, 0.05) is 23.9 Å². The van der Waals surface area contributed by atoms with Gasteiger partial charge in [-0.05, 0) is 36.6 Å². The fraction of sp³-hybridized carbons (Fsp3) is 0.438. The van der Waals surface area contributed by atoms with Crippen molar-refractivity contribution in [2.45, 2.75) is 31.8 Å². The van der Waals surface area contributed by atoms with Crippen molar-refractivity contribution in [1.82, 2.24) is 10.2 Å². The van der Waals surface area contributed by atoms with Crippen molar-refractivity contribution < 1.29 is 19.1 Å². The van der Waals surface area contributed by atoms with Crippen LogP contribution in [-0.2, 0) is 16.1 Å². The molecule has 1 unspecified atom stereocenters. The lowest BCUT2D eigenvalue weighted by atomic mass is 10.0. The maximum Gasteiger partial charge on any atom is 0.255 e. The highest BCUT2D eigenvalue weighted by molar-refractivity contribution is 9.09. The summed E-state index contributed by atoms with van der Waals surface area (Å²) in [6, 6.07) is 4.80. The summed E-state index contributed by atoms with van der Waals surface area (Å²) in [4.78, 5) is 37.3. The van der Waals surface area contributed by atoms with E-state index in [1.807, 2.05) is 6.07 Å². The molecular formula is C16H17BrN2O4. The minimum Gasteiger partial charge on any atom is -0.494 e. The predicted octanol–water partition coefficient (Wildman–Crippen LogP) is 1.61. The Bertz CT molecular complexity index is 661. The number of amides is 3. The van der Waals surface area contributed by atoms with E-state index >= 15 is 0 Å². The van der Waals surface area contributed by atoms with Crippen LogP contribution in [0.15, 0.2) is 18.2 Å². The summed E-state index contributed by atoms with van der Waals surface area (Å²) in [5.41, 5.74) is 1.46. The van der Waals surface area contributed by atoms with Gasteiger partial charge in [-0.25, -0.2) is 0 Å². The number of benzene rings is 1. The van der Waals surface area contributed by atoms with Gasteiger partial charge in [-0.1, -0.05) is 15.9 Å². The number of fused-ring (bicyclic) bond motifs is 1. The van der Waals surface area contributed by atoms with Gasteiger partial charge in [0.05, 0.1) is 6.61 Å². The monoisotopic (exact) mass is 380 g/mol. The number of halogens is 1. The number of nitrogens with one attached hydrogen (secondary N) is 1. The highest BCUT2D eigenvalue weighted by Gasteiger charge is 2.39. The Morgan fingerprint density at radius 2 is 2.13 bits per heavy atom. The summed E-state index contributed by atoms with van der Waals surface area (Å²) in [6.45, 7) is 0.977. The van der Waals surface area contributed by atoms with E-state index in [4.69, 9.17) is 4.74 Å². The van der Waals surface area contributed by atoms with Crippen LogP contribution < -0.4 is 10.1 Å². The Morgan fingerprint density at radius 3 is 2.87 bits per heavy atom. The topological polar surface area (TPSA) is 75.7 Å². The Balaban J connectivity index is 1.73. The average molecular weight is 381 g/mol. The van der Waals surface area contributed by atoms with Gasteiger partial charge >= 0.3 is 0 Å². The number of rotatable bonds is 5. The molecule has 122 valence electrons. The molecule has 1 aromatic rings. The van der Waals surface area contributed by atoms with Gasteiger partial charge in [0.2, 0.25) is 11.8 Å². The van der Waals surface area contributed by atoms with Gasteiger partial charge < -0.3 is 9.64 Å². The number of nitrogens with zero attached hydrogens (tertiary/aromatic N) is 1. The Labute approximate surface area is 142 Å². The minimum atomic E-state index is -0.578. The first-order chi connectivity index (χ1) is 11.1. The smallest absolute Gasteiger partial charge is 0.255 e. The van der Waals surface area contributed by atoms with Gasteiger partial charge in [0.25, 0.3) is 5.91 Å². The molecule has 0 aliphatic carbocycles. The third kappa shape index (κ3) is 3.24. The molecule has 1 fully saturated rings. The number of piperidine rings is 1. The lowest BCUT2D eigenvalue weighted by Crippen LogP contribution is -2.52. The molecule has 1 saturated heterocycles. The molecule has 23 heavy (non-hydrogen) atoms. The zero-order valence-electron chi connectivity index (χ0n) is 12.5. The molecular weight excluding hydrogens is 364 g/mol. The van der Waals surface area contributed by atoms with Crippen molar-refractivity contribution in [3.8, 4) is 5.75 Å². The number of carbonyl (C=O) groups is 3. The number of hydrogen-bond donors (Lipinski definition) is 1. The van der Waals surface area contributed by atoms with E-state index in [1.165, 1.54) is 4.90 Å². The second kappa shape index (κ2) is 6.70. The van der Waals surface area contributed by atoms with Crippen LogP contribution in [0.2, 0.25) is 0 Å². The SMILES string of the molecule is O=C1CCC(N2Cc3cc(OCCCBr)ccc3C2=O)C(=O)N1. The van der Waals surface area contributed by atoms with Gasteiger partial charge in [0.1, 0.15) is 11.8 Å². The van der Waals surface area contributed by atoms with Crippen molar-refractivity contribution in [3.63, 3.8) is 0 Å². The second-order valence-electron chi connectivity index (χ2n) is 5.61. The number of ether oxygens (including phenoxy) is 1. The van der Waals surface area contributed by atoms with Crippen molar-refractivity contribution in [2.24, 2.45) is 0 Å². The maximum atomic E-state index is 12.5. The summed E-state index contributed by atoms with van der Waals surface area (Å²) in [6.07, 6.45) is 1.54. The summed E-state index contributed by atoms with van der Waals surface area (Å²) in [7, 11) is 0. The van der Waals surface area contributed by atoms with E-state index in [2.05, 4.69) is 21.2 Å². The highest BCUT2D eigenvalue weighted by Crippen LogP contribution is 2.30. The van der Waals surface area contributed by atoms with E-state index < -0.39 is 11.9 Å². The predicted molar refractivity (Wildman–Crippen MR) is 86.4 cm³/mol. The molecule has 6 nitrogen and oxygen atoms in total. The zero-order valence-corrected chi connectivity index (χ0v) is 14.1. The normalized spacial score (nSPS) is 20.5. The Kier molecular flexibility index (Phi) is 4.66. The first kappa shape index (κ1) is 16.0. The fourth-order valence-corrected chi connectivity index (χ4v) is 3.11. The molecule has 3 rings (SSSR count). The van der Waals surface area contributed by atoms with Gasteiger partial charge in [-0.15, -0.1) is 0 Å². The third-order valence-electron chi connectivity index (χ3n) is 4.04. The van der Waals surface area contributed by atoms with Crippen molar-refractivity contribution >= 4 is 33.7 Å². The average Bonchev–Trinajstić information content (AvgIpc) is 2.84. The van der Waals surface area contributed by atoms with Crippen molar-refractivity contribution in [1.29, 1.82) is 0 Å². The largest absolute Gasteiger partial charge is 0.494 e. The van der Waals surface area contributed by atoms with Crippen LogP contribution in [0, 0.1) is 0 Å². The third-order valence-corrected chi connectivity index (χ3v) is 4.60. The first-order valence-electron chi connectivity index (χ1n) is 7.56. The minimum absolute atomic E-state index is 0.165. The quantitative estimate of drug-likeness (QED) is 0.478. The van der Waals surface area contributed by atoms with Crippen molar-refractivity contribution in [2.75, 3.05) is 11.9 Å². The zero-order chi connectivity index (χ0) is 16.4. The van der Waals surface area contributed by atoms with Crippen LogP contribution in [0.3, 0.4) is 0 Å². The van der Waals surface area contributed by atoms with E-state index in [9.17, 15) is 14.4 Å². The maximum absolute atomic E-state index is 12.5. The highest BCUT2D eigenvalue weighted by atomic mass is 79.9. The molecule has 0 aromatic heterocycles.